The van der Waals surface area contributed by atoms with Gasteiger partial charge in [-0.1, -0.05) is 32.0 Å². The van der Waals surface area contributed by atoms with E-state index in [0.29, 0.717) is 11.3 Å². The Kier molecular flexibility index (Phi) is 3.15. The maximum atomic E-state index is 11.0. The lowest BCUT2D eigenvalue weighted by molar-refractivity contribution is -0.307. The van der Waals surface area contributed by atoms with Crippen LogP contribution in [0.4, 0.5) is 0 Å². The average molecular weight is 316 g/mol. The summed E-state index contributed by atoms with van der Waals surface area (Å²) >= 11 is 0. The molecule has 0 aliphatic carbocycles. The van der Waals surface area contributed by atoms with Crippen molar-refractivity contribution in [3.8, 4) is 17.2 Å². The van der Waals surface area contributed by atoms with Crippen molar-refractivity contribution in [2.75, 3.05) is 0 Å². The first-order valence-electron chi connectivity index (χ1n) is 7.37. The monoisotopic (exact) mass is 316 g/mol. The number of hydrogen-bond acceptors (Lipinski definition) is 5. The summed E-state index contributed by atoms with van der Waals surface area (Å²) in [6.07, 6.45) is 0. The van der Waals surface area contributed by atoms with E-state index in [-0.39, 0.29) is 17.1 Å². The molecule has 0 bridgehead atoms. The van der Waals surface area contributed by atoms with Gasteiger partial charge in [-0.15, -0.1) is 0 Å². The highest BCUT2D eigenvalue weighted by atomic mass is 16.6. The minimum Gasteiger partial charge on any atom is -0.508 e. The Balaban J connectivity index is 2.27. The lowest BCUT2D eigenvalue weighted by Gasteiger charge is -2.53. The summed E-state index contributed by atoms with van der Waals surface area (Å²) in [5, 5.41) is 41.6. The molecule has 2 aromatic rings. The van der Waals surface area contributed by atoms with Gasteiger partial charge in [0.2, 0.25) is 5.79 Å². The number of phenols is 2. The fraction of sp³-hybridized carbons (Fsp3) is 0.333. The van der Waals surface area contributed by atoms with Crippen LogP contribution in [0, 0.1) is 0 Å². The van der Waals surface area contributed by atoms with E-state index >= 15 is 0 Å². The standard InChI is InChI=1S/C18H20O5/c1-16(2)13-6-4-5-7-15(13)23-17(3,18(16,21)22)12-9-8-11(19)10-14(12)20/h4-10,19-22H,1-3H3. The lowest BCUT2D eigenvalue weighted by Crippen LogP contribution is -2.66. The third-order valence-corrected chi connectivity index (χ3v) is 4.91. The van der Waals surface area contributed by atoms with E-state index in [1.807, 2.05) is 0 Å². The van der Waals surface area contributed by atoms with E-state index in [0.717, 1.165) is 6.07 Å². The van der Waals surface area contributed by atoms with Crippen molar-refractivity contribution in [3.63, 3.8) is 0 Å². The van der Waals surface area contributed by atoms with Crippen LogP contribution in [0.3, 0.4) is 0 Å². The largest absolute Gasteiger partial charge is 0.508 e. The van der Waals surface area contributed by atoms with E-state index in [4.69, 9.17) is 4.74 Å². The Hall–Kier alpha value is -2.24. The van der Waals surface area contributed by atoms with Gasteiger partial charge in [-0.2, -0.15) is 0 Å². The molecule has 0 amide bonds. The van der Waals surface area contributed by atoms with Crippen molar-refractivity contribution >= 4 is 0 Å². The van der Waals surface area contributed by atoms with Gasteiger partial charge in [0.05, 0.1) is 5.41 Å². The Morgan fingerprint density at radius 1 is 0.870 bits per heavy atom. The molecule has 1 unspecified atom stereocenters. The van der Waals surface area contributed by atoms with Gasteiger partial charge in [0, 0.05) is 17.2 Å². The Morgan fingerprint density at radius 2 is 1.52 bits per heavy atom. The lowest BCUT2D eigenvalue weighted by atomic mass is 9.65. The molecule has 0 saturated carbocycles. The van der Waals surface area contributed by atoms with E-state index in [9.17, 15) is 20.4 Å². The van der Waals surface area contributed by atoms with Crippen LogP contribution in [-0.4, -0.2) is 26.2 Å². The zero-order chi connectivity index (χ0) is 17.0. The topological polar surface area (TPSA) is 90.2 Å². The van der Waals surface area contributed by atoms with E-state index in [1.54, 1.807) is 38.1 Å². The molecule has 0 aromatic heterocycles. The molecule has 122 valence electrons. The Morgan fingerprint density at radius 3 is 2.17 bits per heavy atom. The smallest absolute Gasteiger partial charge is 0.217 e. The Bertz CT molecular complexity index is 766. The first kappa shape index (κ1) is 15.6. The number of aromatic hydroxyl groups is 2. The van der Waals surface area contributed by atoms with Gasteiger partial charge >= 0.3 is 0 Å². The zero-order valence-corrected chi connectivity index (χ0v) is 13.2. The van der Waals surface area contributed by atoms with Gasteiger partial charge < -0.3 is 25.2 Å². The summed E-state index contributed by atoms with van der Waals surface area (Å²) in [5.41, 5.74) is -1.83. The number of aliphatic hydroxyl groups is 2. The summed E-state index contributed by atoms with van der Waals surface area (Å²) in [7, 11) is 0. The van der Waals surface area contributed by atoms with Crippen LogP contribution in [-0.2, 0) is 11.0 Å². The molecule has 1 heterocycles. The highest BCUT2D eigenvalue weighted by Crippen LogP contribution is 2.55. The van der Waals surface area contributed by atoms with Crippen molar-refractivity contribution in [1.29, 1.82) is 0 Å². The normalized spacial score (nSPS) is 24.6. The highest BCUT2D eigenvalue weighted by molar-refractivity contribution is 5.50. The van der Waals surface area contributed by atoms with Crippen LogP contribution in [0.1, 0.15) is 31.9 Å². The van der Waals surface area contributed by atoms with E-state index in [2.05, 4.69) is 0 Å². The number of hydrogen-bond donors (Lipinski definition) is 4. The van der Waals surface area contributed by atoms with E-state index in [1.165, 1.54) is 19.1 Å². The van der Waals surface area contributed by atoms with Gasteiger partial charge in [0.25, 0.3) is 0 Å². The SMILES string of the molecule is CC1(C)c2ccccc2OC(C)(c2ccc(O)cc2O)C1(O)O. The van der Waals surface area contributed by atoms with Gasteiger partial charge in [0.1, 0.15) is 17.2 Å². The van der Waals surface area contributed by atoms with Gasteiger partial charge in [0.15, 0.2) is 5.60 Å². The summed E-state index contributed by atoms with van der Waals surface area (Å²) in [5.74, 6) is -2.17. The first-order chi connectivity index (χ1) is 10.6. The van der Waals surface area contributed by atoms with Crippen LogP contribution in [0.15, 0.2) is 42.5 Å². The third-order valence-electron chi connectivity index (χ3n) is 4.91. The molecule has 4 N–H and O–H groups in total. The van der Waals surface area contributed by atoms with Crippen LogP contribution in [0.5, 0.6) is 17.2 Å². The first-order valence-corrected chi connectivity index (χ1v) is 7.37. The molecule has 1 aliphatic heterocycles. The summed E-state index contributed by atoms with van der Waals surface area (Å²) in [6.45, 7) is 4.94. The second kappa shape index (κ2) is 4.63. The summed E-state index contributed by atoms with van der Waals surface area (Å²) in [4.78, 5) is 0. The second-order valence-corrected chi connectivity index (χ2v) is 6.63. The molecular formula is C18H20O5. The minimum atomic E-state index is -2.30. The fourth-order valence-electron chi connectivity index (χ4n) is 3.31. The molecule has 1 atom stereocenters. The molecule has 2 aromatic carbocycles. The van der Waals surface area contributed by atoms with Crippen molar-refractivity contribution < 1.29 is 25.2 Å². The number of benzene rings is 2. The number of ether oxygens (including phenoxy) is 1. The predicted molar refractivity (Wildman–Crippen MR) is 84.4 cm³/mol. The van der Waals surface area contributed by atoms with Crippen molar-refractivity contribution in [3.05, 3.63) is 53.6 Å². The van der Waals surface area contributed by atoms with Gasteiger partial charge in [-0.05, 0) is 25.1 Å². The van der Waals surface area contributed by atoms with Crippen molar-refractivity contribution in [1.82, 2.24) is 0 Å². The molecule has 5 heteroatoms. The molecular weight excluding hydrogens is 296 g/mol. The molecule has 5 nitrogen and oxygen atoms in total. The molecule has 0 saturated heterocycles. The van der Waals surface area contributed by atoms with Crippen LogP contribution < -0.4 is 4.74 Å². The summed E-state index contributed by atoms with van der Waals surface area (Å²) < 4.78 is 5.94. The zero-order valence-electron chi connectivity index (χ0n) is 13.2. The maximum absolute atomic E-state index is 11.0. The summed E-state index contributed by atoms with van der Waals surface area (Å²) in [6, 6.07) is 11.1. The third kappa shape index (κ3) is 1.93. The maximum Gasteiger partial charge on any atom is 0.217 e. The number of phenolic OH excluding ortho intramolecular Hbond substituents is 2. The molecule has 23 heavy (non-hydrogen) atoms. The quantitative estimate of drug-likeness (QED) is 0.606. The Labute approximate surface area is 134 Å². The number of rotatable bonds is 1. The van der Waals surface area contributed by atoms with Gasteiger partial charge in [-0.25, -0.2) is 0 Å². The molecule has 0 spiro atoms. The highest BCUT2D eigenvalue weighted by Gasteiger charge is 2.63. The number of fused-ring (bicyclic) bond motifs is 1. The van der Waals surface area contributed by atoms with Crippen LogP contribution in [0.2, 0.25) is 0 Å². The predicted octanol–water partition coefficient (Wildman–Crippen LogP) is 2.36. The molecule has 3 rings (SSSR count). The van der Waals surface area contributed by atoms with E-state index < -0.39 is 16.8 Å². The molecule has 0 fully saturated rings. The second-order valence-electron chi connectivity index (χ2n) is 6.63. The molecule has 0 radical (unpaired) electrons. The fourth-order valence-corrected chi connectivity index (χ4v) is 3.31. The van der Waals surface area contributed by atoms with Crippen LogP contribution in [0.25, 0.3) is 0 Å². The molecule has 1 aliphatic rings. The minimum absolute atomic E-state index is 0.119. The number of para-hydroxylation sites is 1. The van der Waals surface area contributed by atoms with Crippen LogP contribution >= 0.6 is 0 Å². The van der Waals surface area contributed by atoms with Gasteiger partial charge in [-0.3, -0.25) is 0 Å². The van der Waals surface area contributed by atoms with Crippen molar-refractivity contribution in [2.24, 2.45) is 0 Å². The van der Waals surface area contributed by atoms with Crippen molar-refractivity contribution in [2.45, 2.75) is 37.6 Å². The average Bonchev–Trinajstić information content (AvgIpc) is 2.45.